The fraction of sp³-hybridized carbons (Fsp3) is 0.438. The Bertz CT molecular complexity index is 566. The fourth-order valence-corrected chi connectivity index (χ4v) is 2.51. The predicted octanol–water partition coefficient (Wildman–Crippen LogP) is 2.69. The number of H-pyrrole nitrogens is 1. The molecule has 0 aliphatic rings. The van der Waals surface area contributed by atoms with Gasteiger partial charge in [0.05, 0.1) is 5.60 Å². The third-order valence-electron chi connectivity index (χ3n) is 3.25. The lowest BCUT2D eigenvalue weighted by atomic mass is 9.94. The average molecular weight is 274 g/mol. The van der Waals surface area contributed by atoms with E-state index in [4.69, 9.17) is 0 Å². The molecule has 3 N–H and O–H groups in total. The second-order valence-electron chi connectivity index (χ2n) is 6.05. The molecule has 1 heterocycles. The van der Waals surface area contributed by atoms with Crippen LogP contribution in [0.1, 0.15) is 37.7 Å². The maximum atomic E-state index is 12.1. The number of amides is 1. The number of aliphatic hydroxyl groups is 1. The van der Waals surface area contributed by atoms with Crippen molar-refractivity contribution in [3.63, 3.8) is 0 Å². The van der Waals surface area contributed by atoms with Crippen LogP contribution in [0, 0.1) is 5.92 Å². The number of para-hydroxylation sites is 1. The number of aromatic amines is 1. The van der Waals surface area contributed by atoms with Crippen molar-refractivity contribution in [2.75, 3.05) is 6.54 Å². The van der Waals surface area contributed by atoms with Crippen LogP contribution in [0.5, 0.6) is 0 Å². The quantitative estimate of drug-likeness (QED) is 0.785. The van der Waals surface area contributed by atoms with Gasteiger partial charge in [0.2, 0.25) is 0 Å². The van der Waals surface area contributed by atoms with Crippen LogP contribution in [-0.4, -0.2) is 28.1 Å². The number of carbonyl (C=O) groups excluding carboxylic acids is 1. The first-order valence-corrected chi connectivity index (χ1v) is 6.96. The largest absolute Gasteiger partial charge is 0.388 e. The minimum absolute atomic E-state index is 0.190. The fourth-order valence-electron chi connectivity index (χ4n) is 2.51. The molecule has 4 heteroatoms. The first-order chi connectivity index (χ1) is 9.37. The van der Waals surface area contributed by atoms with Gasteiger partial charge in [0.25, 0.3) is 5.91 Å². The molecular formula is C16H22N2O2. The van der Waals surface area contributed by atoms with Crippen molar-refractivity contribution < 1.29 is 9.90 Å². The highest BCUT2D eigenvalue weighted by Crippen LogP contribution is 2.17. The van der Waals surface area contributed by atoms with Gasteiger partial charge in [0, 0.05) is 17.4 Å². The second-order valence-corrected chi connectivity index (χ2v) is 6.05. The third-order valence-corrected chi connectivity index (χ3v) is 3.25. The van der Waals surface area contributed by atoms with Crippen LogP contribution < -0.4 is 5.32 Å². The van der Waals surface area contributed by atoms with E-state index < -0.39 is 5.60 Å². The topological polar surface area (TPSA) is 65.1 Å². The molecule has 2 aromatic rings. The van der Waals surface area contributed by atoms with E-state index in [0.717, 1.165) is 10.9 Å². The molecule has 0 aliphatic heterocycles. The van der Waals surface area contributed by atoms with Gasteiger partial charge < -0.3 is 15.4 Å². The molecule has 2 rings (SSSR count). The van der Waals surface area contributed by atoms with Crippen LogP contribution in [0.15, 0.2) is 30.3 Å². The van der Waals surface area contributed by atoms with E-state index in [1.165, 1.54) is 0 Å². The molecule has 0 saturated carbocycles. The van der Waals surface area contributed by atoms with Gasteiger partial charge in [-0.25, -0.2) is 0 Å². The zero-order valence-corrected chi connectivity index (χ0v) is 12.2. The van der Waals surface area contributed by atoms with E-state index in [0.29, 0.717) is 18.0 Å². The molecule has 1 unspecified atom stereocenters. The van der Waals surface area contributed by atoms with Crippen LogP contribution >= 0.6 is 0 Å². The number of nitrogens with one attached hydrogen (secondary N) is 2. The molecule has 4 nitrogen and oxygen atoms in total. The number of hydrogen-bond acceptors (Lipinski definition) is 2. The minimum Gasteiger partial charge on any atom is -0.388 e. The monoisotopic (exact) mass is 274 g/mol. The molecule has 1 aromatic carbocycles. The lowest BCUT2D eigenvalue weighted by molar-refractivity contribution is 0.0367. The van der Waals surface area contributed by atoms with Crippen LogP contribution in [0.2, 0.25) is 0 Å². The lowest BCUT2D eigenvalue weighted by Crippen LogP contribution is -2.41. The van der Waals surface area contributed by atoms with Gasteiger partial charge in [-0.15, -0.1) is 0 Å². The minimum atomic E-state index is -0.879. The molecule has 1 amide bonds. The van der Waals surface area contributed by atoms with Crippen molar-refractivity contribution in [3.8, 4) is 0 Å². The smallest absolute Gasteiger partial charge is 0.267 e. The van der Waals surface area contributed by atoms with Crippen molar-refractivity contribution in [1.29, 1.82) is 0 Å². The molecular weight excluding hydrogens is 252 g/mol. The Morgan fingerprint density at radius 3 is 2.75 bits per heavy atom. The second kappa shape index (κ2) is 5.67. The summed E-state index contributed by atoms with van der Waals surface area (Å²) in [6.07, 6.45) is 0.653. The number of aromatic nitrogens is 1. The highest BCUT2D eigenvalue weighted by molar-refractivity contribution is 5.97. The molecule has 0 radical (unpaired) electrons. The third kappa shape index (κ3) is 3.61. The molecule has 0 saturated heterocycles. The van der Waals surface area contributed by atoms with Gasteiger partial charge in [-0.1, -0.05) is 32.0 Å². The Morgan fingerprint density at radius 2 is 2.10 bits per heavy atom. The summed E-state index contributed by atoms with van der Waals surface area (Å²) in [6, 6.07) is 9.57. The maximum absolute atomic E-state index is 12.1. The zero-order chi connectivity index (χ0) is 14.8. The number of benzene rings is 1. The highest BCUT2D eigenvalue weighted by atomic mass is 16.3. The van der Waals surface area contributed by atoms with Gasteiger partial charge in [-0.3, -0.25) is 4.79 Å². The van der Waals surface area contributed by atoms with E-state index in [9.17, 15) is 9.90 Å². The Kier molecular flexibility index (Phi) is 4.14. The highest BCUT2D eigenvalue weighted by Gasteiger charge is 2.23. The first kappa shape index (κ1) is 14.6. The summed E-state index contributed by atoms with van der Waals surface area (Å²) >= 11 is 0. The number of rotatable bonds is 5. The summed E-state index contributed by atoms with van der Waals surface area (Å²) in [4.78, 5) is 15.2. The van der Waals surface area contributed by atoms with Crippen LogP contribution in [0.3, 0.4) is 0 Å². The molecule has 1 aromatic heterocycles. The normalized spacial score (nSPS) is 14.4. The molecule has 0 fully saturated rings. The van der Waals surface area contributed by atoms with Crippen molar-refractivity contribution in [1.82, 2.24) is 10.3 Å². The molecule has 20 heavy (non-hydrogen) atoms. The van der Waals surface area contributed by atoms with Crippen molar-refractivity contribution >= 4 is 16.8 Å². The van der Waals surface area contributed by atoms with Crippen molar-refractivity contribution in [3.05, 3.63) is 36.0 Å². The summed E-state index contributed by atoms with van der Waals surface area (Å²) in [7, 11) is 0. The van der Waals surface area contributed by atoms with E-state index in [-0.39, 0.29) is 12.5 Å². The van der Waals surface area contributed by atoms with Crippen LogP contribution in [-0.2, 0) is 0 Å². The lowest BCUT2D eigenvalue weighted by Gasteiger charge is -2.25. The van der Waals surface area contributed by atoms with E-state index in [1.54, 1.807) is 6.92 Å². The predicted molar refractivity (Wildman–Crippen MR) is 80.7 cm³/mol. The van der Waals surface area contributed by atoms with Gasteiger partial charge in [0.15, 0.2) is 0 Å². The Balaban J connectivity index is 2.01. The molecule has 0 bridgehead atoms. The van der Waals surface area contributed by atoms with E-state index >= 15 is 0 Å². The SMILES string of the molecule is CC(C)CC(C)(O)CNC(=O)c1cc2ccccc2[nH]1. The van der Waals surface area contributed by atoms with Gasteiger partial charge in [0.1, 0.15) is 5.69 Å². The molecule has 0 spiro atoms. The first-order valence-electron chi connectivity index (χ1n) is 6.96. The average Bonchev–Trinajstić information content (AvgIpc) is 2.78. The number of hydrogen-bond donors (Lipinski definition) is 3. The van der Waals surface area contributed by atoms with Crippen molar-refractivity contribution in [2.24, 2.45) is 5.92 Å². The summed E-state index contributed by atoms with van der Waals surface area (Å²) in [6.45, 7) is 6.10. The summed E-state index contributed by atoms with van der Waals surface area (Å²) < 4.78 is 0. The summed E-state index contributed by atoms with van der Waals surface area (Å²) in [5, 5.41) is 14.0. The zero-order valence-electron chi connectivity index (χ0n) is 12.2. The Labute approximate surface area is 119 Å². The van der Waals surface area contributed by atoms with E-state index in [1.807, 2.05) is 44.2 Å². The van der Waals surface area contributed by atoms with Gasteiger partial charge in [-0.05, 0) is 31.4 Å². The molecule has 0 aliphatic carbocycles. The van der Waals surface area contributed by atoms with Crippen LogP contribution in [0.4, 0.5) is 0 Å². The maximum Gasteiger partial charge on any atom is 0.267 e. The van der Waals surface area contributed by atoms with Crippen LogP contribution in [0.25, 0.3) is 10.9 Å². The number of carbonyl (C=O) groups is 1. The molecule has 1 atom stereocenters. The number of fused-ring (bicyclic) bond motifs is 1. The Hall–Kier alpha value is -1.81. The molecule has 108 valence electrons. The summed E-state index contributed by atoms with van der Waals surface area (Å²) in [5.74, 6) is 0.195. The standard InChI is InChI=1S/C16H22N2O2/c1-11(2)9-16(3,20)10-17-15(19)14-8-12-6-4-5-7-13(12)18-14/h4-8,11,18,20H,9-10H2,1-3H3,(H,17,19). The van der Waals surface area contributed by atoms with E-state index in [2.05, 4.69) is 10.3 Å². The van der Waals surface area contributed by atoms with Gasteiger partial charge >= 0.3 is 0 Å². The van der Waals surface area contributed by atoms with Crippen molar-refractivity contribution in [2.45, 2.75) is 32.8 Å². The Morgan fingerprint density at radius 1 is 1.40 bits per heavy atom. The van der Waals surface area contributed by atoms with Gasteiger partial charge in [-0.2, -0.15) is 0 Å². The summed E-state index contributed by atoms with van der Waals surface area (Å²) in [5.41, 5.74) is 0.577.